The van der Waals surface area contributed by atoms with Crippen molar-refractivity contribution in [2.45, 2.75) is 26.4 Å². The summed E-state index contributed by atoms with van der Waals surface area (Å²) in [6, 6.07) is 14.3. The number of hydrogen-bond donors (Lipinski definition) is 1. The number of carbonyl (C=O) groups excluding carboxylic acids is 1. The molecule has 8 nitrogen and oxygen atoms in total. The maximum atomic E-state index is 13.9. The van der Waals surface area contributed by atoms with Crippen LogP contribution in [0.3, 0.4) is 0 Å². The standard InChI is InChI=1S/C29H30FN5O3/c1-18-9-21(30)5-6-24(18)26-12-20(16-35-17-32-33(2)29(35)31)13-27-25(26)7-8-34(28(27)36)15-19-10-22(37-3)14-23(11-19)38-4/h5-6,9-14,17,31H,7-8,15-16H2,1-4H3. The molecule has 1 aliphatic heterocycles. The molecule has 0 saturated heterocycles. The summed E-state index contributed by atoms with van der Waals surface area (Å²) in [7, 11) is 4.92. The fourth-order valence-corrected chi connectivity index (χ4v) is 5.05. The predicted molar refractivity (Wildman–Crippen MR) is 141 cm³/mol. The van der Waals surface area contributed by atoms with E-state index in [1.54, 1.807) is 44.3 Å². The van der Waals surface area contributed by atoms with E-state index in [0.29, 0.717) is 43.1 Å². The van der Waals surface area contributed by atoms with Gasteiger partial charge in [-0.05, 0) is 83.1 Å². The Labute approximate surface area is 220 Å². The van der Waals surface area contributed by atoms with Crippen molar-refractivity contribution in [3.05, 3.63) is 94.1 Å². The Morgan fingerprint density at radius 2 is 1.63 bits per heavy atom. The first kappa shape index (κ1) is 25.3. The summed E-state index contributed by atoms with van der Waals surface area (Å²) in [5.74, 6) is 0.968. The van der Waals surface area contributed by atoms with Gasteiger partial charge in [0.25, 0.3) is 5.91 Å². The quantitative estimate of drug-likeness (QED) is 0.402. The predicted octanol–water partition coefficient (Wildman–Crippen LogP) is 4.08. The number of nitrogens with one attached hydrogen (secondary N) is 1. The highest BCUT2D eigenvalue weighted by Crippen LogP contribution is 2.35. The van der Waals surface area contributed by atoms with E-state index in [0.717, 1.165) is 33.4 Å². The van der Waals surface area contributed by atoms with Crippen LogP contribution >= 0.6 is 0 Å². The van der Waals surface area contributed by atoms with Gasteiger partial charge >= 0.3 is 0 Å². The lowest BCUT2D eigenvalue weighted by molar-refractivity contribution is 0.0726. The number of hydrogen-bond acceptors (Lipinski definition) is 5. The van der Waals surface area contributed by atoms with Crippen molar-refractivity contribution in [2.75, 3.05) is 20.8 Å². The van der Waals surface area contributed by atoms with Gasteiger partial charge in [0, 0.05) is 31.8 Å². The maximum absolute atomic E-state index is 13.9. The fourth-order valence-electron chi connectivity index (χ4n) is 5.05. The molecule has 0 aliphatic carbocycles. The third-order valence-electron chi connectivity index (χ3n) is 7.02. The Morgan fingerprint density at radius 1 is 0.947 bits per heavy atom. The molecule has 0 bridgehead atoms. The second-order valence-corrected chi connectivity index (χ2v) is 9.53. The molecule has 0 saturated carbocycles. The Kier molecular flexibility index (Phi) is 6.75. The number of halogens is 1. The first-order valence-corrected chi connectivity index (χ1v) is 12.3. The summed E-state index contributed by atoms with van der Waals surface area (Å²) < 4.78 is 27.9. The van der Waals surface area contributed by atoms with E-state index in [4.69, 9.17) is 14.9 Å². The van der Waals surface area contributed by atoms with Crippen LogP contribution in [0.25, 0.3) is 11.1 Å². The molecule has 0 radical (unpaired) electrons. The number of carbonyl (C=O) groups is 1. The van der Waals surface area contributed by atoms with E-state index in [2.05, 4.69) is 5.10 Å². The zero-order valence-electron chi connectivity index (χ0n) is 21.9. The van der Waals surface area contributed by atoms with Crippen molar-refractivity contribution in [1.29, 1.82) is 5.41 Å². The van der Waals surface area contributed by atoms with E-state index >= 15 is 0 Å². The van der Waals surface area contributed by atoms with Crippen LogP contribution in [0.1, 0.15) is 32.6 Å². The second-order valence-electron chi connectivity index (χ2n) is 9.53. The highest BCUT2D eigenvalue weighted by Gasteiger charge is 2.28. The number of rotatable bonds is 7. The van der Waals surface area contributed by atoms with Gasteiger partial charge in [-0.25, -0.2) is 9.07 Å². The van der Waals surface area contributed by atoms with Gasteiger partial charge in [0.1, 0.15) is 23.6 Å². The first-order chi connectivity index (χ1) is 18.3. The van der Waals surface area contributed by atoms with Gasteiger partial charge in [-0.15, -0.1) is 0 Å². The third kappa shape index (κ3) is 4.79. The van der Waals surface area contributed by atoms with Crippen LogP contribution in [0.5, 0.6) is 11.5 Å². The molecular formula is C29H30FN5O3. The Hall–Kier alpha value is -4.40. The highest BCUT2D eigenvalue weighted by molar-refractivity contribution is 5.99. The molecule has 1 aliphatic rings. The van der Waals surface area contributed by atoms with E-state index in [9.17, 15) is 9.18 Å². The van der Waals surface area contributed by atoms with Crippen LogP contribution in [0.4, 0.5) is 4.39 Å². The minimum absolute atomic E-state index is 0.0711. The Balaban J connectivity index is 1.57. The van der Waals surface area contributed by atoms with Crippen molar-refractivity contribution in [2.24, 2.45) is 7.05 Å². The van der Waals surface area contributed by atoms with Gasteiger partial charge in [-0.3, -0.25) is 14.8 Å². The molecule has 0 unspecified atom stereocenters. The van der Waals surface area contributed by atoms with E-state index in [1.165, 1.54) is 16.8 Å². The number of benzene rings is 3. The van der Waals surface area contributed by atoms with Gasteiger partial charge in [-0.2, -0.15) is 5.10 Å². The molecule has 0 atom stereocenters. The van der Waals surface area contributed by atoms with Gasteiger partial charge in [-0.1, -0.05) is 6.07 Å². The summed E-state index contributed by atoms with van der Waals surface area (Å²) in [6.07, 6.45) is 2.27. The lowest BCUT2D eigenvalue weighted by Gasteiger charge is -2.31. The van der Waals surface area contributed by atoms with Crippen molar-refractivity contribution >= 4 is 5.91 Å². The van der Waals surface area contributed by atoms with Crippen LogP contribution < -0.4 is 15.1 Å². The van der Waals surface area contributed by atoms with Crippen LogP contribution in [0.2, 0.25) is 0 Å². The minimum Gasteiger partial charge on any atom is -0.497 e. The third-order valence-corrected chi connectivity index (χ3v) is 7.02. The second kappa shape index (κ2) is 10.2. The van der Waals surface area contributed by atoms with Crippen LogP contribution in [-0.4, -0.2) is 45.9 Å². The van der Waals surface area contributed by atoms with E-state index in [1.807, 2.05) is 36.1 Å². The van der Waals surface area contributed by atoms with E-state index < -0.39 is 0 Å². The molecule has 5 rings (SSSR count). The Morgan fingerprint density at radius 3 is 2.26 bits per heavy atom. The number of aryl methyl sites for hydroxylation is 2. The van der Waals surface area contributed by atoms with Gasteiger partial charge in [0.15, 0.2) is 0 Å². The lowest BCUT2D eigenvalue weighted by atomic mass is 9.86. The summed E-state index contributed by atoms with van der Waals surface area (Å²) in [5, 5.41) is 12.4. The molecule has 1 N–H and O–H groups in total. The minimum atomic E-state index is -0.294. The molecule has 4 aromatic rings. The highest BCUT2D eigenvalue weighted by atomic mass is 19.1. The van der Waals surface area contributed by atoms with Crippen LogP contribution in [-0.2, 0) is 26.6 Å². The molecule has 196 valence electrons. The molecular weight excluding hydrogens is 485 g/mol. The molecule has 0 spiro atoms. The zero-order valence-corrected chi connectivity index (χ0v) is 21.9. The molecule has 9 heteroatoms. The topological polar surface area (TPSA) is 85.4 Å². The summed E-state index contributed by atoms with van der Waals surface area (Å²) in [5.41, 5.74) is 6.22. The molecule has 1 amide bonds. The smallest absolute Gasteiger partial charge is 0.254 e. The Bertz CT molecular complexity index is 1570. The summed E-state index contributed by atoms with van der Waals surface area (Å²) in [4.78, 5) is 15.7. The number of nitrogens with zero attached hydrogens (tertiary/aromatic N) is 4. The number of ether oxygens (including phenoxy) is 2. The molecule has 0 fully saturated rings. The number of fused-ring (bicyclic) bond motifs is 1. The first-order valence-electron chi connectivity index (χ1n) is 12.3. The lowest BCUT2D eigenvalue weighted by Crippen LogP contribution is -2.37. The van der Waals surface area contributed by atoms with Crippen molar-refractivity contribution in [1.82, 2.24) is 19.2 Å². The zero-order chi connectivity index (χ0) is 27.0. The average molecular weight is 516 g/mol. The molecule has 1 aromatic heterocycles. The van der Waals surface area contributed by atoms with Gasteiger partial charge < -0.3 is 14.4 Å². The van der Waals surface area contributed by atoms with Crippen LogP contribution in [0.15, 0.2) is 54.9 Å². The van der Waals surface area contributed by atoms with Gasteiger partial charge in [0.2, 0.25) is 5.62 Å². The van der Waals surface area contributed by atoms with Crippen LogP contribution in [0, 0.1) is 18.2 Å². The molecule has 38 heavy (non-hydrogen) atoms. The monoisotopic (exact) mass is 515 g/mol. The fraction of sp³-hybridized carbons (Fsp3) is 0.276. The number of aromatic nitrogens is 3. The molecule has 2 heterocycles. The molecule has 3 aromatic carbocycles. The summed E-state index contributed by atoms with van der Waals surface area (Å²) in [6.45, 7) is 3.22. The maximum Gasteiger partial charge on any atom is 0.254 e. The van der Waals surface area contributed by atoms with Crippen molar-refractivity contribution in [3.63, 3.8) is 0 Å². The SMILES string of the molecule is COc1cc(CN2CCc3c(cc(Cn4cnn(C)c4=N)cc3-c3ccc(F)cc3C)C2=O)cc(OC)c1. The average Bonchev–Trinajstić information content (AvgIpc) is 3.22. The number of methoxy groups -OCH3 is 2. The van der Waals surface area contributed by atoms with Gasteiger partial charge in [0.05, 0.1) is 20.8 Å². The van der Waals surface area contributed by atoms with Crippen molar-refractivity contribution < 1.29 is 18.7 Å². The van der Waals surface area contributed by atoms with E-state index in [-0.39, 0.29) is 17.3 Å². The van der Waals surface area contributed by atoms with Crippen molar-refractivity contribution in [3.8, 4) is 22.6 Å². The largest absolute Gasteiger partial charge is 0.497 e. The normalized spacial score (nSPS) is 13.0. The number of amides is 1. The summed E-state index contributed by atoms with van der Waals surface area (Å²) >= 11 is 0.